The second-order valence-electron chi connectivity index (χ2n) is 5.82. The van der Waals surface area contributed by atoms with E-state index in [-0.39, 0.29) is 17.9 Å². The molecule has 0 spiro atoms. The Balaban J connectivity index is 1.47. The number of nitrogens with zero attached hydrogens (tertiary/aromatic N) is 4. The quantitative estimate of drug-likeness (QED) is 0.900. The van der Waals surface area contributed by atoms with Crippen LogP contribution < -0.4 is 5.32 Å². The van der Waals surface area contributed by atoms with E-state index < -0.39 is 0 Å². The normalized spacial score (nSPS) is 20.0. The van der Waals surface area contributed by atoms with Gasteiger partial charge in [-0.2, -0.15) is 0 Å². The van der Waals surface area contributed by atoms with Crippen molar-refractivity contribution < 1.29 is 9.59 Å². The Bertz CT molecular complexity index is 507. The van der Waals surface area contributed by atoms with Gasteiger partial charge in [-0.05, 0) is 12.8 Å². The first kappa shape index (κ1) is 15.2. The van der Waals surface area contributed by atoms with Crippen molar-refractivity contribution in [2.45, 2.75) is 32.1 Å². The van der Waals surface area contributed by atoms with Crippen LogP contribution in [0.4, 0.5) is 9.93 Å². The molecule has 2 fully saturated rings. The Morgan fingerprint density at radius 1 is 1.09 bits per heavy atom. The predicted octanol–water partition coefficient (Wildman–Crippen LogP) is 1.79. The van der Waals surface area contributed by atoms with Crippen molar-refractivity contribution in [1.82, 2.24) is 20.0 Å². The summed E-state index contributed by atoms with van der Waals surface area (Å²) in [6, 6.07) is -0.165. The number of anilines is 1. The van der Waals surface area contributed by atoms with Gasteiger partial charge in [0.25, 0.3) is 0 Å². The Morgan fingerprint density at radius 3 is 2.41 bits per heavy atom. The van der Waals surface area contributed by atoms with E-state index in [1.807, 2.05) is 4.90 Å². The van der Waals surface area contributed by atoms with Crippen molar-refractivity contribution in [3.8, 4) is 0 Å². The van der Waals surface area contributed by atoms with Crippen molar-refractivity contribution >= 4 is 28.4 Å². The number of hydrogen-bond acceptors (Lipinski definition) is 5. The van der Waals surface area contributed by atoms with Gasteiger partial charge in [0.05, 0.1) is 0 Å². The lowest BCUT2D eigenvalue weighted by Crippen LogP contribution is -2.53. The van der Waals surface area contributed by atoms with Crippen molar-refractivity contribution in [3.63, 3.8) is 0 Å². The lowest BCUT2D eigenvalue weighted by atomic mass is 9.88. The zero-order chi connectivity index (χ0) is 15.4. The van der Waals surface area contributed by atoms with Crippen LogP contribution in [0.2, 0.25) is 0 Å². The Morgan fingerprint density at radius 2 is 1.77 bits per heavy atom. The minimum absolute atomic E-state index is 0.165. The van der Waals surface area contributed by atoms with Gasteiger partial charge in [-0.25, -0.2) is 4.79 Å². The highest BCUT2D eigenvalue weighted by Gasteiger charge is 2.29. The highest BCUT2D eigenvalue weighted by Crippen LogP contribution is 2.25. The van der Waals surface area contributed by atoms with E-state index in [1.165, 1.54) is 30.6 Å². The fourth-order valence-electron chi connectivity index (χ4n) is 3.14. The van der Waals surface area contributed by atoms with Crippen molar-refractivity contribution in [1.29, 1.82) is 0 Å². The van der Waals surface area contributed by atoms with E-state index >= 15 is 0 Å². The van der Waals surface area contributed by atoms with E-state index in [1.54, 1.807) is 10.4 Å². The van der Waals surface area contributed by atoms with E-state index in [0.717, 1.165) is 12.8 Å². The Hall–Kier alpha value is -1.70. The maximum absolute atomic E-state index is 12.5. The molecule has 7 nitrogen and oxygen atoms in total. The van der Waals surface area contributed by atoms with Gasteiger partial charge >= 0.3 is 6.03 Å². The summed E-state index contributed by atoms with van der Waals surface area (Å²) >= 11 is 1.29. The maximum atomic E-state index is 12.5. The molecule has 0 bridgehead atoms. The van der Waals surface area contributed by atoms with Crippen LogP contribution in [0.1, 0.15) is 32.1 Å². The van der Waals surface area contributed by atoms with Crippen LogP contribution in [0.5, 0.6) is 0 Å². The van der Waals surface area contributed by atoms with E-state index in [9.17, 15) is 9.59 Å². The Kier molecular flexibility index (Phi) is 4.87. The molecule has 3 amide bonds. The smallest absolute Gasteiger partial charge is 0.323 e. The molecule has 0 aromatic carbocycles. The minimum atomic E-state index is -0.165. The second kappa shape index (κ2) is 7.04. The molecule has 1 saturated heterocycles. The molecule has 1 aromatic rings. The lowest BCUT2D eigenvalue weighted by molar-refractivity contribution is -0.137. The van der Waals surface area contributed by atoms with Crippen LogP contribution in [0, 0.1) is 5.92 Å². The summed E-state index contributed by atoms with van der Waals surface area (Å²) in [4.78, 5) is 28.2. The number of nitrogens with one attached hydrogen (secondary N) is 1. The number of aromatic nitrogens is 2. The molecule has 1 aromatic heterocycles. The van der Waals surface area contributed by atoms with Gasteiger partial charge in [-0.1, -0.05) is 30.6 Å². The molecule has 2 heterocycles. The van der Waals surface area contributed by atoms with Gasteiger partial charge in [-0.15, -0.1) is 10.2 Å². The van der Waals surface area contributed by atoms with Crippen molar-refractivity contribution in [2.75, 3.05) is 31.5 Å². The van der Waals surface area contributed by atoms with Crippen LogP contribution >= 0.6 is 11.3 Å². The summed E-state index contributed by atoms with van der Waals surface area (Å²) < 4.78 is 0. The van der Waals surface area contributed by atoms with Crippen molar-refractivity contribution in [3.05, 3.63) is 5.51 Å². The largest absolute Gasteiger partial charge is 0.339 e. The first-order valence-electron chi connectivity index (χ1n) is 7.85. The van der Waals surface area contributed by atoms with E-state index in [2.05, 4.69) is 15.5 Å². The molecule has 3 rings (SSSR count). The number of carbonyl (C=O) groups is 2. The first-order valence-corrected chi connectivity index (χ1v) is 8.73. The van der Waals surface area contributed by atoms with Gasteiger partial charge in [0.2, 0.25) is 11.0 Å². The molecule has 0 unspecified atom stereocenters. The molecular weight excluding hydrogens is 302 g/mol. The maximum Gasteiger partial charge on any atom is 0.323 e. The fourth-order valence-corrected chi connectivity index (χ4v) is 3.57. The van der Waals surface area contributed by atoms with Crippen LogP contribution in [-0.4, -0.2) is 58.1 Å². The summed E-state index contributed by atoms with van der Waals surface area (Å²) in [5.74, 6) is 0.486. The molecule has 22 heavy (non-hydrogen) atoms. The molecule has 0 atom stereocenters. The van der Waals surface area contributed by atoms with Crippen molar-refractivity contribution in [2.24, 2.45) is 5.92 Å². The SMILES string of the molecule is O=C(Nc1nncs1)N1CCN(C(=O)C2CCCCC2)CC1. The minimum Gasteiger partial charge on any atom is -0.339 e. The highest BCUT2D eigenvalue weighted by molar-refractivity contribution is 7.13. The van der Waals surface area contributed by atoms with Crippen LogP contribution in [0.25, 0.3) is 0 Å². The van der Waals surface area contributed by atoms with Crippen LogP contribution in [0.15, 0.2) is 5.51 Å². The van der Waals surface area contributed by atoms with Gasteiger partial charge < -0.3 is 9.80 Å². The van der Waals surface area contributed by atoms with E-state index in [0.29, 0.717) is 31.3 Å². The zero-order valence-electron chi connectivity index (χ0n) is 12.5. The van der Waals surface area contributed by atoms with Gasteiger partial charge in [0.1, 0.15) is 5.51 Å². The number of hydrogen-bond donors (Lipinski definition) is 1. The number of urea groups is 1. The summed E-state index contributed by atoms with van der Waals surface area (Å²) in [5, 5.41) is 10.7. The summed E-state index contributed by atoms with van der Waals surface area (Å²) in [7, 11) is 0. The van der Waals surface area contributed by atoms with Gasteiger partial charge in [0, 0.05) is 32.1 Å². The second-order valence-corrected chi connectivity index (χ2v) is 6.65. The van der Waals surface area contributed by atoms with Gasteiger partial charge in [-0.3, -0.25) is 10.1 Å². The molecule has 1 saturated carbocycles. The molecule has 1 aliphatic carbocycles. The number of carbonyl (C=O) groups excluding carboxylic acids is 2. The molecular formula is C14H21N5O2S. The standard InChI is InChI=1S/C14H21N5O2S/c20-12(11-4-2-1-3-5-11)18-6-8-19(9-7-18)14(21)16-13-17-15-10-22-13/h10-11H,1-9H2,(H,16,17,21). The van der Waals surface area contributed by atoms with E-state index in [4.69, 9.17) is 0 Å². The third-order valence-corrected chi connectivity index (χ3v) is 5.01. The number of rotatable bonds is 2. The summed E-state index contributed by atoms with van der Waals surface area (Å²) in [6.07, 6.45) is 5.64. The fraction of sp³-hybridized carbons (Fsp3) is 0.714. The summed E-state index contributed by atoms with van der Waals surface area (Å²) in [6.45, 7) is 2.39. The number of amides is 3. The topological polar surface area (TPSA) is 78.4 Å². The molecule has 8 heteroatoms. The van der Waals surface area contributed by atoms with Gasteiger partial charge in [0.15, 0.2) is 0 Å². The highest BCUT2D eigenvalue weighted by atomic mass is 32.1. The van der Waals surface area contributed by atoms with Crippen LogP contribution in [0.3, 0.4) is 0 Å². The Labute approximate surface area is 133 Å². The molecule has 120 valence electrons. The molecule has 1 aliphatic heterocycles. The average molecular weight is 323 g/mol. The third kappa shape index (κ3) is 3.55. The first-order chi connectivity index (χ1) is 10.7. The monoisotopic (exact) mass is 323 g/mol. The molecule has 1 N–H and O–H groups in total. The summed E-state index contributed by atoms with van der Waals surface area (Å²) in [5.41, 5.74) is 1.58. The lowest BCUT2D eigenvalue weighted by Gasteiger charge is -2.36. The predicted molar refractivity (Wildman–Crippen MR) is 83.7 cm³/mol. The average Bonchev–Trinajstić information content (AvgIpc) is 3.08. The third-order valence-electron chi connectivity index (χ3n) is 4.41. The van der Waals surface area contributed by atoms with Crippen LogP contribution in [-0.2, 0) is 4.79 Å². The molecule has 2 aliphatic rings. The number of piperazine rings is 1. The zero-order valence-corrected chi connectivity index (χ0v) is 13.3. The molecule has 0 radical (unpaired) electrons.